The van der Waals surface area contributed by atoms with Crippen molar-refractivity contribution in [3.63, 3.8) is 0 Å². The van der Waals surface area contributed by atoms with Crippen LogP contribution in [-0.4, -0.2) is 23.1 Å². The van der Waals surface area contributed by atoms with Gasteiger partial charge in [0.1, 0.15) is 5.75 Å². The Labute approximate surface area is 154 Å². The lowest BCUT2D eigenvalue weighted by Crippen LogP contribution is -2.30. The number of rotatable bonds is 6. The smallest absolute Gasteiger partial charge is 0.328 e. The predicted molar refractivity (Wildman–Crippen MR) is 98.3 cm³/mol. The molecule has 7 heteroatoms. The van der Waals surface area contributed by atoms with Gasteiger partial charge in [-0.15, -0.1) is 0 Å². The molecule has 2 N–H and O–H groups in total. The number of carbonyl (C=O) groups is 2. The van der Waals surface area contributed by atoms with E-state index in [1.807, 2.05) is 0 Å². The molecule has 1 atom stereocenters. The zero-order valence-electron chi connectivity index (χ0n) is 13.2. The highest BCUT2D eigenvalue weighted by atomic mass is 35.5. The van der Waals surface area contributed by atoms with Crippen LogP contribution in [0.1, 0.15) is 12.5 Å². The van der Waals surface area contributed by atoms with Crippen molar-refractivity contribution in [1.82, 2.24) is 0 Å². The second kappa shape index (κ2) is 8.55. The first-order chi connectivity index (χ1) is 11.8. The first-order valence-electron chi connectivity index (χ1n) is 7.29. The molecule has 0 radical (unpaired) electrons. The number of carbonyl (C=O) groups excluding carboxylic acids is 1. The minimum Gasteiger partial charge on any atom is -0.479 e. The topological polar surface area (TPSA) is 75.6 Å². The summed E-state index contributed by atoms with van der Waals surface area (Å²) in [4.78, 5) is 22.8. The summed E-state index contributed by atoms with van der Waals surface area (Å²) in [7, 11) is 0. The maximum Gasteiger partial charge on any atom is 0.328 e. The fourth-order valence-electron chi connectivity index (χ4n) is 1.95. The summed E-state index contributed by atoms with van der Waals surface area (Å²) in [5, 5.41) is 12.1. The van der Waals surface area contributed by atoms with E-state index >= 15 is 0 Å². The van der Waals surface area contributed by atoms with Gasteiger partial charge in [-0.25, -0.2) is 4.79 Å². The summed E-state index contributed by atoms with van der Waals surface area (Å²) >= 11 is 11.8. The number of halogens is 2. The molecule has 0 aliphatic heterocycles. The van der Waals surface area contributed by atoms with Crippen LogP contribution in [0.15, 0.2) is 48.5 Å². The standard InChI is InChI=1S/C18H15Cl2NO4/c1-11(25-16-7-6-13(19)10-15(16)20)18(24)21-14-4-2-3-12(9-14)5-8-17(22)23/h2-11H,1H3,(H,21,24)(H,22,23)/b8-5+/t11-/m1/s1. The van der Waals surface area contributed by atoms with E-state index in [9.17, 15) is 9.59 Å². The van der Waals surface area contributed by atoms with Gasteiger partial charge < -0.3 is 15.2 Å². The third kappa shape index (κ3) is 5.81. The Bertz CT molecular complexity index is 820. The Morgan fingerprint density at radius 3 is 2.64 bits per heavy atom. The minimum absolute atomic E-state index is 0.313. The number of aliphatic carboxylic acids is 1. The highest BCUT2D eigenvalue weighted by Crippen LogP contribution is 2.28. The molecular weight excluding hydrogens is 365 g/mol. The summed E-state index contributed by atoms with van der Waals surface area (Å²) in [5.41, 5.74) is 1.17. The molecule has 25 heavy (non-hydrogen) atoms. The molecule has 0 aliphatic carbocycles. The number of carboxylic acids is 1. The molecule has 2 aromatic carbocycles. The highest BCUT2D eigenvalue weighted by Gasteiger charge is 2.16. The van der Waals surface area contributed by atoms with Crippen molar-refractivity contribution in [3.05, 3.63) is 64.1 Å². The molecule has 5 nitrogen and oxygen atoms in total. The number of carboxylic acid groups (broad SMARTS) is 1. The van der Waals surface area contributed by atoms with Gasteiger partial charge in [-0.2, -0.15) is 0 Å². The normalized spacial score (nSPS) is 12.0. The second-order valence-corrected chi connectivity index (χ2v) is 5.96. The van der Waals surface area contributed by atoms with Gasteiger partial charge in [0, 0.05) is 16.8 Å². The van der Waals surface area contributed by atoms with Gasteiger partial charge in [-0.3, -0.25) is 4.79 Å². The Morgan fingerprint density at radius 1 is 1.20 bits per heavy atom. The summed E-state index contributed by atoms with van der Waals surface area (Å²) in [6, 6.07) is 11.5. The molecule has 130 valence electrons. The molecule has 0 bridgehead atoms. The van der Waals surface area contributed by atoms with Gasteiger partial charge in [0.25, 0.3) is 5.91 Å². The first kappa shape index (κ1) is 18.8. The fraction of sp³-hybridized carbons (Fsp3) is 0.111. The molecular formula is C18H15Cl2NO4. The van der Waals surface area contributed by atoms with Gasteiger partial charge in [0.2, 0.25) is 0 Å². The van der Waals surface area contributed by atoms with Crippen LogP contribution in [0, 0.1) is 0 Å². The van der Waals surface area contributed by atoms with Crippen molar-refractivity contribution in [3.8, 4) is 5.75 Å². The molecule has 0 saturated carbocycles. The molecule has 0 spiro atoms. The van der Waals surface area contributed by atoms with Crippen LogP contribution in [0.4, 0.5) is 5.69 Å². The fourth-order valence-corrected chi connectivity index (χ4v) is 2.40. The van der Waals surface area contributed by atoms with Gasteiger partial charge in [0.05, 0.1) is 5.02 Å². The van der Waals surface area contributed by atoms with Crippen molar-refractivity contribution in [2.24, 2.45) is 0 Å². The Morgan fingerprint density at radius 2 is 1.96 bits per heavy atom. The van der Waals surface area contributed by atoms with Crippen LogP contribution >= 0.6 is 23.2 Å². The summed E-state index contributed by atoms with van der Waals surface area (Å²) in [5.74, 6) is -1.06. The lowest BCUT2D eigenvalue weighted by atomic mass is 10.2. The largest absolute Gasteiger partial charge is 0.479 e. The molecule has 0 heterocycles. The van der Waals surface area contributed by atoms with E-state index in [0.717, 1.165) is 6.08 Å². The van der Waals surface area contributed by atoms with E-state index in [-0.39, 0.29) is 5.91 Å². The zero-order chi connectivity index (χ0) is 18.4. The molecule has 2 rings (SSSR count). The average molecular weight is 380 g/mol. The first-order valence-corrected chi connectivity index (χ1v) is 8.04. The van der Waals surface area contributed by atoms with Gasteiger partial charge in [-0.1, -0.05) is 35.3 Å². The molecule has 1 amide bonds. The quantitative estimate of drug-likeness (QED) is 0.724. The SMILES string of the molecule is C[C@@H](Oc1ccc(Cl)cc1Cl)C(=O)Nc1cccc(/C=C/C(=O)O)c1. The molecule has 0 saturated heterocycles. The maximum atomic E-state index is 12.3. The van der Waals surface area contributed by atoms with E-state index in [0.29, 0.717) is 27.0 Å². The second-order valence-electron chi connectivity index (χ2n) is 5.12. The number of nitrogens with one attached hydrogen (secondary N) is 1. The van der Waals surface area contributed by atoms with Gasteiger partial charge in [0.15, 0.2) is 6.10 Å². The molecule has 0 aliphatic rings. The van der Waals surface area contributed by atoms with Crippen LogP contribution in [0.2, 0.25) is 10.0 Å². The molecule has 0 fully saturated rings. The van der Waals surface area contributed by atoms with Crippen LogP contribution in [0.3, 0.4) is 0 Å². The Hall–Kier alpha value is -2.50. The van der Waals surface area contributed by atoms with Crippen molar-refractivity contribution < 1.29 is 19.4 Å². The number of anilines is 1. The lowest BCUT2D eigenvalue weighted by molar-refractivity contribution is -0.131. The number of hydrogen-bond donors (Lipinski definition) is 2. The van der Waals surface area contributed by atoms with Crippen LogP contribution in [0.5, 0.6) is 5.75 Å². The van der Waals surface area contributed by atoms with Crippen molar-refractivity contribution in [1.29, 1.82) is 0 Å². The molecule has 0 unspecified atom stereocenters. The van der Waals surface area contributed by atoms with Crippen molar-refractivity contribution in [2.45, 2.75) is 13.0 Å². The van der Waals surface area contributed by atoms with Gasteiger partial charge >= 0.3 is 5.97 Å². The average Bonchev–Trinajstić information content (AvgIpc) is 2.55. The summed E-state index contributed by atoms with van der Waals surface area (Å²) in [6.45, 7) is 1.59. The number of hydrogen-bond acceptors (Lipinski definition) is 3. The molecule has 0 aromatic heterocycles. The number of ether oxygens (including phenoxy) is 1. The van der Waals surface area contributed by atoms with Crippen molar-refractivity contribution in [2.75, 3.05) is 5.32 Å². The van der Waals surface area contributed by atoms with E-state index in [2.05, 4.69) is 5.32 Å². The highest BCUT2D eigenvalue weighted by molar-refractivity contribution is 6.35. The van der Waals surface area contributed by atoms with E-state index in [1.54, 1.807) is 43.3 Å². The number of benzene rings is 2. The number of amides is 1. The lowest BCUT2D eigenvalue weighted by Gasteiger charge is -2.16. The predicted octanol–water partition coefficient (Wildman–Crippen LogP) is 4.50. The van der Waals surface area contributed by atoms with E-state index in [1.165, 1.54) is 12.1 Å². The third-order valence-electron chi connectivity index (χ3n) is 3.14. The monoisotopic (exact) mass is 379 g/mol. The van der Waals surface area contributed by atoms with Crippen LogP contribution < -0.4 is 10.1 Å². The Kier molecular flexibility index (Phi) is 6.44. The minimum atomic E-state index is -1.05. The van der Waals surface area contributed by atoms with Crippen molar-refractivity contribution >= 4 is 46.8 Å². The third-order valence-corrected chi connectivity index (χ3v) is 3.67. The summed E-state index contributed by atoms with van der Waals surface area (Å²) < 4.78 is 5.55. The maximum absolute atomic E-state index is 12.3. The zero-order valence-corrected chi connectivity index (χ0v) is 14.7. The summed E-state index contributed by atoms with van der Waals surface area (Å²) in [6.07, 6.45) is 1.66. The van der Waals surface area contributed by atoms with E-state index < -0.39 is 12.1 Å². The van der Waals surface area contributed by atoms with E-state index in [4.69, 9.17) is 33.0 Å². The Balaban J connectivity index is 2.03. The van der Waals surface area contributed by atoms with Crippen LogP contribution in [0.25, 0.3) is 6.08 Å². The van der Waals surface area contributed by atoms with Gasteiger partial charge in [-0.05, 0) is 48.9 Å². The van der Waals surface area contributed by atoms with Crippen LogP contribution in [-0.2, 0) is 9.59 Å². The molecule has 2 aromatic rings.